The van der Waals surface area contributed by atoms with E-state index in [1.54, 1.807) is 6.07 Å². The molecule has 1 heterocycles. The molecular weight excluding hydrogens is 342 g/mol. The third-order valence-corrected chi connectivity index (χ3v) is 5.08. The monoisotopic (exact) mass is 359 g/mol. The second kappa shape index (κ2) is 8.01. The highest BCUT2D eigenvalue weighted by Gasteiger charge is 2.17. The highest BCUT2D eigenvalue weighted by Crippen LogP contribution is 2.26. The zero-order valence-electron chi connectivity index (χ0n) is 12.2. The SMILES string of the molecule is CN1CCN(C(=S)SCC(=O)Nc2cc(Cl)ccc2O)CC1. The fourth-order valence-electron chi connectivity index (χ4n) is 2.00. The van der Waals surface area contributed by atoms with Crippen LogP contribution < -0.4 is 5.32 Å². The second-order valence-electron chi connectivity index (χ2n) is 5.05. The standard InChI is InChI=1S/C14H18ClN3O2S2/c1-17-4-6-18(7-5-17)14(21)22-9-13(20)16-11-8-10(15)2-3-12(11)19/h2-3,8,19H,4-7,9H2,1H3,(H,16,20). The first kappa shape index (κ1) is 17.3. The van der Waals surface area contributed by atoms with Gasteiger partial charge in [0.25, 0.3) is 0 Å². The maximum atomic E-state index is 11.9. The van der Waals surface area contributed by atoms with Gasteiger partial charge in [-0.15, -0.1) is 0 Å². The van der Waals surface area contributed by atoms with Crippen LogP contribution in [0, 0.1) is 0 Å². The first-order chi connectivity index (χ1) is 10.5. The molecule has 0 aliphatic carbocycles. The van der Waals surface area contributed by atoms with E-state index in [2.05, 4.69) is 22.2 Å². The Balaban J connectivity index is 1.80. The third kappa shape index (κ3) is 5.01. The normalized spacial score (nSPS) is 15.6. The Bertz CT molecular complexity index is 563. The van der Waals surface area contributed by atoms with E-state index >= 15 is 0 Å². The largest absolute Gasteiger partial charge is 0.506 e. The molecule has 0 spiro atoms. The Morgan fingerprint density at radius 3 is 2.77 bits per heavy atom. The number of hydrogen-bond donors (Lipinski definition) is 2. The average Bonchev–Trinajstić information content (AvgIpc) is 2.49. The molecule has 120 valence electrons. The molecule has 1 aliphatic heterocycles. The molecule has 2 rings (SSSR count). The lowest BCUT2D eigenvalue weighted by atomic mass is 10.3. The van der Waals surface area contributed by atoms with Gasteiger partial charge in [-0.05, 0) is 25.2 Å². The number of rotatable bonds is 3. The van der Waals surface area contributed by atoms with E-state index < -0.39 is 0 Å². The summed E-state index contributed by atoms with van der Waals surface area (Å²) < 4.78 is 0.735. The summed E-state index contributed by atoms with van der Waals surface area (Å²) in [6, 6.07) is 4.52. The van der Waals surface area contributed by atoms with Gasteiger partial charge in [-0.1, -0.05) is 35.6 Å². The number of piperazine rings is 1. The van der Waals surface area contributed by atoms with Gasteiger partial charge in [-0.2, -0.15) is 0 Å². The Kier molecular flexibility index (Phi) is 6.31. The van der Waals surface area contributed by atoms with Crippen LogP contribution in [0.5, 0.6) is 5.75 Å². The van der Waals surface area contributed by atoms with Gasteiger partial charge in [0, 0.05) is 31.2 Å². The van der Waals surface area contributed by atoms with Crippen molar-refractivity contribution in [2.24, 2.45) is 0 Å². The number of halogens is 1. The van der Waals surface area contributed by atoms with Crippen LogP contribution in [0.15, 0.2) is 18.2 Å². The molecule has 8 heteroatoms. The molecule has 1 aromatic carbocycles. The fraction of sp³-hybridized carbons (Fsp3) is 0.429. The van der Waals surface area contributed by atoms with E-state index in [-0.39, 0.29) is 17.4 Å². The van der Waals surface area contributed by atoms with Crippen molar-refractivity contribution in [3.8, 4) is 5.75 Å². The lowest BCUT2D eigenvalue weighted by molar-refractivity contribution is -0.113. The summed E-state index contributed by atoms with van der Waals surface area (Å²) in [6.45, 7) is 3.73. The number of hydrogen-bond acceptors (Lipinski definition) is 5. The molecule has 0 atom stereocenters. The molecule has 2 N–H and O–H groups in total. The van der Waals surface area contributed by atoms with Crippen LogP contribution in [0.3, 0.4) is 0 Å². The Morgan fingerprint density at radius 2 is 2.09 bits per heavy atom. The van der Waals surface area contributed by atoms with Crippen LogP contribution in [-0.4, -0.2) is 64.1 Å². The number of nitrogens with one attached hydrogen (secondary N) is 1. The maximum absolute atomic E-state index is 11.9. The molecule has 1 aromatic rings. The Labute approximate surface area is 144 Å². The number of nitrogens with zero attached hydrogens (tertiary/aromatic N) is 2. The minimum atomic E-state index is -0.223. The summed E-state index contributed by atoms with van der Waals surface area (Å²) >= 11 is 12.5. The molecule has 1 saturated heterocycles. The first-order valence-corrected chi connectivity index (χ1v) is 8.61. The molecule has 0 radical (unpaired) electrons. The smallest absolute Gasteiger partial charge is 0.234 e. The molecule has 0 saturated carbocycles. The summed E-state index contributed by atoms with van der Waals surface area (Å²) in [5, 5.41) is 12.8. The van der Waals surface area contributed by atoms with Crippen LogP contribution >= 0.6 is 35.6 Å². The topological polar surface area (TPSA) is 55.8 Å². The van der Waals surface area contributed by atoms with Gasteiger partial charge in [0.05, 0.1) is 11.4 Å². The molecule has 0 unspecified atom stereocenters. The van der Waals surface area contributed by atoms with Gasteiger partial charge in [0.2, 0.25) is 5.91 Å². The molecule has 5 nitrogen and oxygen atoms in total. The number of phenols is 1. The van der Waals surface area contributed by atoms with Gasteiger partial charge >= 0.3 is 0 Å². The minimum Gasteiger partial charge on any atom is -0.506 e. The number of benzene rings is 1. The number of amides is 1. The quantitative estimate of drug-likeness (QED) is 0.637. The minimum absolute atomic E-state index is 0.00982. The lowest BCUT2D eigenvalue weighted by Gasteiger charge is -2.33. The number of anilines is 1. The van der Waals surface area contributed by atoms with Crippen molar-refractivity contribution in [2.75, 3.05) is 44.3 Å². The van der Waals surface area contributed by atoms with Crippen molar-refractivity contribution in [3.63, 3.8) is 0 Å². The van der Waals surface area contributed by atoms with E-state index in [9.17, 15) is 9.90 Å². The van der Waals surface area contributed by atoms with Crippen molar-refractivity contribution in [3.05, 3.63) is 23.2 Å². The zero-order valence-corrected chi connectivity index (χ0v) is 14.6. The van der Waals surface area contributed by atoms with Crippen molar-refractivity contribution in [2.45, 2.75) is 0 Å². The summed E-state index contributed by atoms with van der Waals surface area (Å²) in [4.78, 5) is 16.3. The predicted molar refractivity (Wildman–Crippen MR) is 95.9 cm³/mol. The molecule has 0 aromatic heterocycles. The maximum Gasteiger partial charge on any atom is 0.234 e. The zero-order chi connectivity index (χ0) is 16.1. The highest BCUT2D eigenvalue weighted by atomic mass is 35.5. The number of thiocarbonyl (C=S) groups is 1. The third-order valence-electron chi connectivity index (χ3n) is 3.32. The van der Waals surface area contributed by atoms with Crippen LogP contribution in [-0.2, 0) is 4.79 Å². The van der Waals surface area contributed by atoms with Crippen molar-refractivity contribution < 1.29 is 9.90 Å². The fourth-order valence-corrected chi connectivity index (χ4v) is 3.23. The van der Waals surface area contributed by atoms with Crippen molar-refractivity contribution in [1.29, 1.82) is 0 Å². The molecule has 0 bridgehead atoms. The number of thioether (sulfide) groups is 1. The molecule has 22 heavy (non-hydrogen) atoms. The predicted octanol–water partition coefficient (Wildman–Crippen LogP) is 2.25. The summed E-state index contributed by atoms with van der Waals surface area (Å²) in [6.07, 6.45) is 0. The molecule has 1 amide bonds. The lowest BCUT2D eigenvalue weighted by Crippen LogP contribution is -2.46. The van der Waals surface area contributed by atoms with E-state index in [4.69, 9.17) is 23.8 Å². The van der Waals surface area contributed by atoms with Gasteiger partial charge in [-0.3, -0.25) is 4.79 Å². The number of phenolic OH excluding ortho intramolecular Hbond substituents is 1. The second-order valence-corrected chi connectivity index (χ2v) is 7.10. The van der Waals surface area contributed by atoms with Crippen molar-refractivity contribution >= 4 is 51.5 Å². The number of likely N-dealkylation sites (N-methyl/N-ethyl adjacent to an activating group) is 1. The van der Waals surface area contributed by atoms with Gasteiger partial charge in [0.1, 0.15) is 10.1 Å². The van der Waals surface area contributed by atoms with E-state index in [0.717, 1.165) is 30.5 Å². The van der Waals surface area contributed by atoms with Crippen molar-refractivity contribution in [1.82, 2.24) is 9.80 Å². The van der Waals surface area contributed by atoms with Gasteiger partial charge in [-0.25, -0.2) is 0 Å². The molecule has 1 aliphatic rings. The number of aromatic hydroxyl groups is 1. The highest BCUT2D eigenvalue weighted by molar-refractivity contribution is 8.23. The molecule has 1 fully saturated rings. The molecular formula is C14H18ClN3O2S2. The van der Waals surface area contributed by atoms with Crippen LogP contribution in [0.4, 0.5) is 5.69 Å². The summed E-state index contributed by atoms with van der Waals surface area (Å²) in [7, 11) is 2.08. The Morgan fingerprint density at radius 1 is 1.41 bits per heavy atom. The van der Waals surface area contributed by atoms with Gasteiger partial charge in [0.15, 0.2) is 0 Å². The summed E-state index contributed by atoms with van der Waals surface area (Å²) in [5.74, 6) is -0.0274. The number of carbonyl (C=O) groups excluding carboxylic acids is 1. The summed E-state index contributed by atoms with van der Waals surface area (Å²) in [5.41, 5.74) is 0.309. The first-order valence-electron chi connectivity index (χ1n) is 6.84. The van der Waals surface area contributed by atoms with Crippen LogP contribution in [0.1, 0.15) is 0 Å². The van der Waals surface area contributed by atoms with E-state index in [1.165, 1.54) is 23.9 Å². The van der Waals surface area contributed by atoms with Gasteiger partial charge < -0.3 is 20.2 Å². The number of carbonyl (C=O) groups is 1. The van der Waals surface area contributed by atoms with Crippen LogP contribution in [0.25, 0.3) is 0 Å². The van der Waals surface area contributed by atoms with Crippen LogP contribution in [0.2, 0.25) is 5.02 Å². The average molecular weight is 360 g/mol. The van der Waals surface area contributed by atoms with E-state index in [1.807, 2.05) is 0 Å². The van der Waals surface area contributed by atoms with E-state index in [0.29, 0.717) is 10.7 Å². The Hall–Kier alpha value is -1.02.